The van der Waals surface area contributed by atoms with Gasteiger partial charge in [0, 0.05) is 23.7 Å². The molecule has 342 valence electrons. The first-order valence-electron chi connectivity index (χ1n) is 24.5. The molecule has 11 rings (SSSR count). The van der Waals surface area contributed by atoms with E-state index in [9.17, 15) is 0 Å². The number of unbranched alkanes of at least 4 members (excludes halogenated alkanes) is 1. The van der Waals surface area contributed by atoms with Crippen LogP contribution < -0.4 is 17.2 Å². The molecule has 0 aliphatic heterocycles. The van der Waals surface area contributed by atoms with Gasteiger partial charge in [-0.05, 0) is 155 Å². The van der Waals surface area contributed by atoms with Crippen molar-refractivity contribution in [2.75, 3.05) is 0 Å². The molecule has 0 fully saturated rings. The van der Waals surface area contributed by atoms with Crippen LogP contribution in [0.1, 0.15) is 107 Å². The largest absolute Gasteiger partial charge is 0.398 e. The van der Waals surface area contributed by atoms with Gasteiger partial charge in [0.05, 0.1) is 0 Å². The fourth-order valence-corrected chi connectivity index (χ4v) is 9.77. The topological polar surface area (TPSA) is 78.1 Å². The van der Waals surface area contributed by atoms with Gasteiger partial charge < -0.3 is 17.2 Å². The quantitative estimate of drug-likeness (QED) is 0.151. The van der Waals surface area contributed by atoms with Gasteiger partial charge in [0.1, 0.15) is 0 Å². The first-order chi connectivity index (χ1) is 33.0. The van der Waals surface area contributed by atoms with Crippen LogP contribution in [0.25, 0.3) is 65.5 Å². The molecule has 8 aromatic rings. The van der Waals surface area contributed by atoms with Crippen molar-refractivity contribution in [2.24, 2.45) is 17.2 Å². The summed E-state index contributed by atoms with van der Waals surface area (Å²) in [4.78, 5) is 0. The first kappa shape index (κ1) is 47.5. The second-order valence-corrected chi connectivity index (χ2v) is 18.7. The van der Waals surface area contributed by atoms with E-state index in [2.05, 4.69) is 229 Å². The minimum absolute atomic E-state index is 0.0583. The van der Waals surface area contributed by atoms with E-state index >= 15 is 0 Å². The van der Waals surface area contributed by atoms with Crippen LogP contribution in [0.3, 0.4) is 0 Å². The highest BCUT2D eigenvalue weighted by molar-refractivity contribution is 6.10. The SMILES string of the molecule is C/C(=C1/C=CC=CC1)c1ccc2c(c1)C(C)(C)c1cc(/C(N)=C3\C=CC=CC3)ccc1-2.CC(N)c1cc2ccccc2c2ccccc12.CCCC.NCc1cc2ccccc2c2ccccc12. The summed E-state index contributed by atoms with van der Waals surface area (Å²) in [7, 11) is 0. The molecule has 0 spiro atoms. The van der Waals surface area contributed by atoms with Gasteiger partial charge in [0.25, 0.3) is 0 Å². The van der Waals surface area contributed by atoms with Crippen molar-refractivity contribution in [3.8, 4) is 11.1 Å². The third-order valence-corrected chi connectivity index (χ3v) is 13.9. The lowest BCUT2D eigenvalue weighted by Gasteiger charge is -2.23. The number of benzene rings is 8. The average Bonchev–Trinajstić information content (AvgIpc) is 3.62. The Bertz CT molecular complexity index is 3210. The van der Waals surface area contributed by atoms with Crippen molar-refractivity contribution in [1.29, 1.82) is 0 Å². The smallest absolute Gasteiger partial charge is 0.0423 e. The molecule has 3 aliphatic rings. The molecular weight excluding hydrogens is 823 g/mol. The Hall–Kier alpha value is -7.04. The molecule has 0 saturated carbocycles. The highest BCUT2D eigenvalue weighted by Crippen LogP contribution is 2.50. The molecular formula is C65H67N3. The lowest BCUT2D eigenvalue weighted by atomic mass is 9.80. The molecule has 0 radical (unpaired) electrons. The molecule has 0 heterocycles. The van der Waals surface area contributed by atoms with E-state index in [1.165, 1.54) is 112 Å². The van der Waals surface area contributed by atoms with Gasteiger partial charge in [-0.15, -0.1) is 0 Å². The van der Waals surface area contributed by atoms with E-state index in [0.29, 0.717) is 6.54 Å². The second-order valence-electron chi connectivity index (χ2n) is 18.7. The Morgan fingerprint density at radius 2 is 1.01 bits per heavy atom. The lowest BCUT2D eigenvalue weighted by Crippen LogP contribution is -2.16. The maximum absolute atomic E-state index is 6.58. The fraction of sp³-hybridized carbons (Fsp3) is 0.200. The van der Waals surface area contributed by atoms with Crippen LogP contribution in [0.5, 0.6) is 0 Å². The molecule has 8 aromatic carbocycles. The number of hydrogen-bond donors (Lipinski definition) is 3. The molecule has 3 heteroatoms. The number of rotatable bonds is 5. The molecule has 3 aliphatic carbocycles. The van der Waals surface area contributed by atoms with Crippen molar-refractivity contribution in [2.45, 2.75) is 85.2 Å². The highest BCUT2D eigenvalue weighted by atomic mass is 14.6. The van der Waals surface area contributed by atoms with Gasteiger partial charge in [-0.2, -0.15) is 0 Å². The predicted molar refractivity (Wildman–Crippen MR) is 297 cm³/mol. The van der Waals surface area contributed by atoms with Gasteiger partial charge in [-0.1, -0.05) is 210 Å². The van der Waals surface area contributed by atoms with Crippen molar-refractivity contribution < 1.29 is 0 Å². The number of fused-ring (bicyclic) bond motifs is 9. The number of allylic oxidation sites excluding steroid dienone is 11. The van der Waals surface area contributed by atoms with Crippen LogP contribution in [-0.4, -0.2) is 0 Å². The summed E-state index contributed by atoms with van der Waals surface area (Å²) in [6.07, 6.45) is 21.7. The zero-order chi connectivity index (χ0) is 47.8. The molecule has 1 atom stereocenters. The van der Waals surface area contributed by atoms with Crippen molar-refractivity contribution in [3.63, 3.8) is 0 Å². The fourth-order valence-electron chi connectivity index (χ4n) is 9.77. The van der Waals surface area contributed by atoms with Crippen LogP contribution in [0.4, 0.5) is 0 Å². The molecule has 0 bridgehead atoms. The van der Waals surface area contributed by atoms with E-state index in [0.717, 1.165) is 24.1 Å². The summed E-state index contributed by atoms with van der Waals surface area (Å²) in [5.74, 6) is 0. The minimum atomic E-state index is -0.0583. The zero-order valence-electron chi connectivity index (χ0n) is 40.8. The molecule has 1 unspecified atom stereocenters. The van der Waals surface area contributed by atoms with Crippen LogP contribution in [-0.2, 0) is 12.0 Å². The Balaban J connectivity index is 0.000000143. The minimum Gasteiger partial charge on any atom is -0.398 e. The molecule has 3 nitrogen and oxygen atoms in total. The summed E-state index contributed by atoms with van der Waals surface area (Å²) in [6, 6.07) is 52.0. The molecule has 6 N–H and O–H groups in total. The van der Waals surface area contributed by atoms with Crippen LogP contribution in [0.2, 0.25) is 0 Å². The van der Waals surface area contributed by atoms with Gasteiger partial charge >= 0.3 is 0 Å². The summed E-state index contributed by atoms with van der Waals surface area (Å²) >= 11 is 0. The normalized spacial score (nSPS) is 15.9. The molecule has 0 aromatic heterocycles. The lowest BCUT2D eigenvalue weighted by molar-refractivity contribution is 0.660. The summed E-state index contributed by atoms with van der Waals surface area (Å²) in [5.41, 5.74) is 33.5. The molecule has 68 heavy (non-hydrogen) atoms. The highest BCUT2D eigenvalue weighted by Gasteiger charge is 2.36. The standard InChI is InChI=1S/C30H29N.C16H15N.C15H13N.C4H10/c1-20(21-10-6-4-7-11-21)23-14-16-25-26-17-15-24(29(31)22-12-8-5-9-13-22)19-28(26)30(2,3)27(25)18-23;1-11(17)16-10-12-6-2-3-7-13(12)14-8-4-5-9-15(14)16;16-10-12-9-11-5-1-2-6-13(11)15-8-4-3-7-14(12)15;1-3-4-2/h4-10,12,14-19H,11,13,31H2,1-3H3;2-11H,17H2,1H3;1-9H,10,16H2;3-4H2,1-2H3/b21-20+,29-22-;;;. The van der Waals surface area contributed by atoms with Gasteiger partial charge in [-0.25, -0.2) is 0 Å². The van der Waals surface area contributed by atoms with Crippen molar-refractivity contribution in [3.05, 3.63) is 239 Å². The van der Waals surface area contributed by atoms with Crippen molar-refractivity contribution >= 4 is 54.4 Å². The van der Waals surface area contributed by atoms with Crippen LogP contribution in [0.15, 0.2) is 205 Å². The third kappa shape index (κ3) is 9.83. The number of nitrogens with two attached hydrogens (primary N) is 3. The van der Waals surface area contributed by atoms with E-state index in [1.807, 2.05) is 6.92 Å². The maximum atomic E-state index is 6.58. The Kier molecular flexibility index (Phi) is 14.9. The summed E-state index contributed by atoms with van der Waals surface area (Å²) in [6.45, 7) is 13.9. The van der Waals surface area contributed by atoms with Gasteiger partial charge in [0.2, 0.25) is 0 Å². The van der Waals surface area contributed by atoms with E-state index in [4.69, 9.17) is 17.2 Å². The molecule has 0 saturated heterocycles. The Morgan fingerprint density at radius 3 is 1.54 bits per heavy atom. The van der Waals surface area contributed by atoms with E-state index in [1.54, 1.807) is 0 Å². The Morgan fingerprint density at radius 1 is 0.544 bits per heavy atom. The van der Waals surface area contributed by atoms with E-state index < -0.39 is 0 Å². The molecule has 0 amide bonds. The summed E-state index contributed by atoms with van der Waals surface area (Å²) < 4.78 is 0. The first-order valence-corrected chi connectivity index (χ1v) is 24.5. The predicted octanol–water partition coefficient (Wildman–Crippen LogP) is 16.7. The summed E-state index contributed by atoms with van der Waals surface area (Å²) in [5, 5.41) is 10.2. The number of hydrogen-bond acceptors (Lipinski definition) is 3. The third-order valence-electron chi connectivity index (χ3n) is 13.9. The monoisotopic (exact) mass is 890 g/mol. The second kappa shape index (κ2) is 21.3. The van der Waals surface area contributed by atoms with Gasteiger partial charge in [-0.3, -0.25) is 0 Å². The maximum Gasteiger partial charge on any atom is 0.0423 e. The van der Waals surface area contributed by atoms with Crippen LogP contribution >= 0.6 is 0 Å². The average molecular weight is 890 g/mol. The van der Waals surface area contributed by atoms with Crippen molar-refractivity contribution in [1.82, 2.24) is 0 Å². The van der Waals surface area contributed by atoms with Crippen LogP contribution in [0, 0.1) is 0 Å². The van der Waals surface area contributed by atoms with Gasteiger partial charge in [0.15, 0.2) is 0 Å². The Labute approximate surface area is 404 Å². The van der Waals surface area contributed by atoms with E-state index in [-0.39, 0.29) is 11.5 Å². The zero-order valence-corrected chi connectivity index (χ0v) is 40.8.